The van der Waals surface area contributed by atoms with Crippen LogP contribution in [0.1, 0.15) is 24.5 Å². The third-order valence-corrected chi connectivity index (χ3v) is 3.59. The fraction of sp³-hybridized carbons (Fsp3) is 0.333. The molecule has 1 atom stereocenters. The van der Waals surface area contributed by atoms with E-state index < -0.39 is 0 Å². The van der Waals surface area contributed by atoms with E-state index in [-0.39, 0.29) is 0 Å². The maximum atomic E-state index is 4.57. The summed E-state index contributed by atoms with van der Waals surface area (Å²) in [6.45, 7) is 4.40. The molecule has 0 aliphatic heterocycles. The standard InChI is InChI=1S/C15H18S/c1-11-7-8-14(15(16)9-11)10-13-6-4-3-5-12(13)2/h3-6,8-9,11,16H,7,10H2,1-2H3. The van der Waals surface area contributed by atoms with Gasteiger partial charge in [0.15, 0.2) is 0 Å². The summed E-state index contributed by atoms with van der Waals surface area (Å²) < 4.78 is 0. The Labute approximate surface area is 103 Å². The summed E-state index contributed by atoms with van der Waals surface area (Å²) in [7, 11) is 0. The summed E-state index contributed by atoms with van der Waals surface area (Å²) in [5.74, 6) is 0.633. The summed E-state index contributed by atoms with van der Waals surface area (Å²) in [4.78, 5) is 1.15. The lowest BCUT2D eigenvalue weighted by atomic mass is 9.93. The summed E-state index contributed by atoms with van der Waals surface area (Å²) in [6.07, 6.45) is 6.75. The summed E-state index contributed by atoms with van der Waals surface area (Å²) in [5.41, 5.74) is 4.14. The zero-order valence-electron chi connectivity index (χ0n) is 9.90. The smallest absolute Gasteiger partial charge is 0.00351 e. The minimum atomic E-state index is 0.633. The molecule has 16 heavy (non-hydrogen) atoms. The number of thiol groups is 1. The molecule has 0 saturated carbocycles. The van der Waals surface area contributed by atoms with E-state index in [0.717, 1.165) is 17.7 Å². The van der Waals surface area contributed by atoms with Gasteiger partial charge in [-0.25, -0.2) is 0 Å². The van der Waals surface area contributed by atoms with Crippen LogP contribution in [0.5, 0.6) is 0 Å². The van der Waals surface area contributed by atoms with Crippen molar-refractivity contribution in [3.05, 3.63) is 58.0 Å². The second-order valence-electron chi connectivity index (χ2n) is 4.60. The van der Waals surface area contributed by atoms with Gasteiger partial charge in [0.25, 0.3) is 0 Å². The van der Waals surface area contributed by atoms with Gasteiger partial charge in [-0.3, -0.25) is 0 Å². The minimum absolute atomic E-state index is 0.633. The van der Waals surface area contributed by atoms with Gasteiger partial charge in [0.2, 0.25) is 0 Å². The van der Waals surface area contributed by atoms with E-state index in [9.17, 15) is 0 Å². The van der Waals surface area contributed by atoms with E-state index in [1.807, 2.05) is 0 Å². The van der Waals surface area contributed by atoms with Crippen LogP contribution >= 0.6 is 12.6 Å². The quantitative estimate of drug-likeness (QED) is 0.719. The van der Waals surface area contributed by atoms with Gasteiger partial charge >= 0.3 is 0 Å². The normalized spacial score (nSPS) is 20.3. The Morgan fingerprint density at radius 1 is 1.31 bits per heavy atom. The summed E-state index contributed by atoms with van der Waals surface area (Å²) in [6, 6.07) is 8.57. The van der Waals surface area contributed by atoms with Crippen molar-refractivity contribution in [3.63, 3.8) is 0 Å². The Kier molecular flexibility index (Phi) is 3.55. The molecule has 1 heteroatoms. The second kappa shape index (κ2) is 4.92. The minimum Gasteiger partial charge on any atom is -0.143 e. The fourth-order valence-electron chi connectivity index (χ4n) is 2.05. The number of aryl methyl sites for hydroxylation is 1. The topological polar surface area (TPSA) is 0 Å². The van der Waals surface area contributed by atoms with Crippen LogP contribution in [0.3, 0.4) is 0 Å². The van der Waals surface area contributed by atoms with Crippen LogP contribution in [-0.4, -0.2) is 0 Å². The average molecular weight is 230 g/mol. The van der Waals surface area contributed by atoms with Crippen LogP contribution in [0.15, 0.2) is 46.9 Å². The molecule has 0 radical (unpaired) electrons. The van der Waals surface area contributed by atoms with Crippen molar-refractivity contribution in [2.45, 2.75) is 26.7 Å². The first-order valence-electron chi connectivity index (χ1n) is 5.81. The number of benzene rings is 1. The highest BCUT2D eigenvalue weighted by Crippen LogP contribution is 2.28. The SMILES string of the molecule is Cc1ccccc1CC1=CCC(C)C=C1S. The van der Waals surface area contributed by atoms with Crippen molar-refractivity contribution in [3.8, 4) is 0 Å². The lowest BCUT2D eigenvalue weighted by Gasteiger charge is -2.17. The van der Waals surface area contributed by atoms with Gasteiger partial charge in [0.1, 0.15) is 0 Å². The van der Waals surface area contributed by atoms with E-state index in [1.165, 1.54) is 16.7 Å². The predicted octanol–water partition coefficient (Wildman–Crippen LogP) is 4.32. The molecular formula is C15H18S. The van der Waals surface area contributed by atoms with Crippen LogP contribution in [-0.2, 0) is 6.42 Å². The number of allylic oxidation sites excluding steroid dienone is 3. The van der Waals surface area contributed by atoms with Crippen molar-refractivity contribution in [2.75, 3.05) is 0 Å². The second-order valence-corrected chi connectivity index (χ2v) is 5.08. The largest absolute Gasteiger partial charge is 0.143 e. The Morgan fingerprint density at radius 2 is 2.06 bits per heavy atom. The summed E-state index contributed by atoms with van der Waals surface area (Å²) >= 11 is 4.57. The molecule has 0 saturated heterocycles. The monoisotopic (exact) mass is 230 g/mol. The molecule has 0 bridgehead atoms. The molecular weight excluding hydrogens is 212 g/mol. The van der Waals surface area contributed by atoms with Gasteiger partial charge in [-0.15, -0.1) is 12.6 Å². The van der Waals surface area contributed by atoms with Gasteiger partial charge < -0.3 is 0 Å². The third-order valence-electron chi connectivity index (χ3n) is 3.15. The van der Waals surface area contributed by atoms with Gasteiger partial charge in [0.05, 0.1) is 0 Å². The van der Waals surface area contributed by atoms with Gasteiger partial charge in [0, 0.05) is 4.91 Å². The van der Waals surface area contributed by atoms with Crippen LogP contribution in [0, 0.1) is 12.8 Å². The van der Waals surface area contributed by atoms with Crippen molar-refractivity contribution >= 4 is 12.6 Å². The molecule has 84 valence electrons. The molecule has 0 nitrogen and oxygen atoms in total. The van der Waals surface area contributed by atoms with Gasteiger partial charge in [-0.1, -0.05) is 43.3 Å². The first kappa shape index (κ1) is 11.5. The molecule has 0 amide bonds. The molecule has 1 aliphatic rings. The first-order chi connectivity index (χ1) is 7.66. The molecule has 2 rings (SSSR count). The maximum Gasteiger partial charge on any atom is 0.00351 e. The van der Waals surface area contributed by atoms with E-state index >= 15 is 0 Å². The molecule has 1 aromatic rings. The van der Waals surface area contributed by atoms with E-state index in [4.69, 9.17) is 0 Å². The number of hydrogen-bond acceptors (Lipinski definition) is 1. The van der Waals surface area contributed by atoms with Crippen molar-refractivity contribution in [2.24, 2.45) is 5.92 Å². The molecule has 1 aromatic carbocycles. The highest BCUT2D eigenvalue weighted by Gasteiger charge is 2.11. The van der Waals surface area contributed by atoms with Crippen molar-refractivity contribution in [1.29, 1.82) is 0 Å². The lowest BCUT2D eigenvalue weighted by molar-refractivity contribution is 0.726. The van der Waals surface area contributed by atoms with Crippen LogP contribution in [0.2, 0.25) is 0 Å². The molecule has 0 N–H and O–H groups in total. The average Bonchev–Trinajstić information content (AvgIpc) is 2.25. The Bertz CT molecular complexity index is 441. The Hall–Kier alpha value is -0.950. The number of rotatable bonds is 2. The molecule has 1 aliphatic carbocycles. The highest BCUT2D eigenvalue weighted by molar-refractivity contribution is 7.84. The molecule has 1 unspecified atom stereocenters. The maximum absolute atomic E-state index is 4.57. The zero-order chi connectivity index (χ0) is 11.5. The van der Waals surface area contributed by atoms with Gasteiger partial charge in [-0.2, -0.15) is 0 Å². The van der Waals surface area contributed by atoms with Gasteiger partial charge in [-0.05, 0) is 42.4 Å². The zero-order valence-corrected chi connectivity index (χ0v) is 10.8. The van der Waals surface area contributed by atoms with Crippen molar-refractivity contribution in [1.82, 2.24) is 0 Å². The van der Waals surface area contributed by atoms with Crippen LogP contribution in [0.4, 0.5) is 0 Å². The third kappa shape index (κ3) is 2.59. The summed E-state index contributed by atoms with van der Waals surface area (Å²) in [5, 5.41) is 0. The fourth-order valence-corrected chi connectivity index (χ4v) is 2.48. The molecule has 0 spiro atoms. The van der Waals surface area contributed by atoms with Crippen molar-refractivity contribution < 1.29 is 0 Å². The lowest BCUT2D eigenvalue weighted by Crippen LogP contribution is -2.01. The Balaban J connectivity index is 2.18. The molecule has 0 aromatic heterocycles. The van der Waals surface area contributed by atoms with Crippen LogP contribution < -0.4 is 0 Å². The number of hydrogen-bond donors (Lipinski definition) is 1. The van der Waals surface area contributed by atoms with E-state index in [1.54, 1.807) is 0 Å². The predicted molar refractivity (Wildman–Crippen MR) is 73.8 cm³/mol. The Morgan fingerprint density at radius 3 is 2.75 bits per heavy atom. The van der Waals surface area contributed by atoms with E-state index in [2.05, 4.69) is 62.9 Å². The van der Waals surface area contributed by atoms with Crippen LogP contribution in [0.25, 0.3) is 0 Å². The first-order valence-corrected chi connectivity index (χ1v) is 6.26. The molecule has 0 fully saturated rings. The van der Waals surface area contributed by atoms with E-state index in [0.29, 0.717) is 5.92 Å². The highest BCUT2D eigenvalue weighted by atomic mass is 32.1. The molecule has 0 heterocycles.